The van der Waals surface area contributed by atoms with Crippen molar-refractivity contribution in [1.82, 2.24) is 14.2 Å². The lowest BCUT2D eigenvalue weighted by Crippen LogP contribution is -2.49. The fraction of sp³-hybridized carbons (Fsp3) is 0.308. The number of sulfonamides is 1. The second-order valence-electron chi connectivity index (χ2n) is 8.82. The lowest BCUT2D eigenvalue weighted by Gasteiger charge is -2.33. The molecule has 1 fully saturated rings. The average molecular weight is 509 g/mol. The zero-order valence-corrected chi connectivity index (χ0v) is 20.8. The van der Waals surface area contributed by atoms with Gasteiger partial charge < -0.3 is 14.8 Å². The number of aromatic nitrogens is 1. The maximum atomic E-state index is 13.3. The minimum absolute atomic E-state index is 0.0693. The Kier molecular flexibility index (Phi) is 6.52. The van der Waals surface area contributed by atoms with Gasteiger partial charge in [-0.05, 0) is 24.6 Å². The summed E-state index contributed by atoms with van der Waals surface area (Å²) in [7, 11) is -3.67. The van der Waals surface area contributed by atoms with E-state index in [9.17, 15) is 18.3 Å². The fourth-order valence-electron chi connectivity index (χ4n) is 4.82. The minimum atomic E-state index is -3.67. The van der Waals surface area contributed by atoms with Crippen molar-refractivity contribution in [3.63, 3.8) is 0 Å². The standard InChI is InChI=1S/C26H28N4O5S/c1-2-35-16-15-29-11-13-30(14-12-29)36(33,34)18-9-7-17(8-10-18)24-22-21(26(32)28-24)23(27)19-5-3-4-6-20(19)25(22)31/h3-10,27-28,32H,2,11-16H2,1H3. The first kappa shape index (κ1) is 24.4. The Balaban J connectivity index is 1.38. The topological polar surface area (TPSA) is 127 Å². The molecule has 36 heavy (non-hydrogen) atoms. The van der Waals surface area contributed by atoms with Gasteiger partial charge in [-0.2, -0.15) is 4.31 Å². The largest absolute Gasteiger partial charge is 0.494 e. The van der Waals surface area contributed by atoms with Crippen LogP contribution in [0.4, 0.5) is 0 Å². The molecule has 5 rings (SSSR count). The van der Waals surface area contributed by atoms with E-state index in [4.69, 9.17) is 10.1 Å². The smallest absolute Gasteiger partial charge is 0.243 e. The number of carbonyl (C=O) groups excluding carboxylic acids is 1. The van der Waals surface area contributed by atoms with Crippen molar-refractivity contribution in [3.8, 4) is 17.1 Å². The summed E-state index contributed by atoms with van der Waals surface area (Å²) in [6, 6.07) is 13.1. The monoisotopic (exact) mass is 508 g/mol. The molecule has 188 valence electrons. The maximum Gasteiger partial charge on any atom is 0.243 e. The molecule has 1 aliphatic carbocycles. The summed E-state index contributed by atoms with van der Waals surface area (Å²) in [5, 5.41) is 19.1. The average Bonchev–Trinajstić information content (AvgIpc) is 3.25. The van der Waals surface area contributed by atoms with Crippen LogP contribution in [0.5, 0.6) is 5.88 Å². The molecule has 10 heteroatoms. The number of ketones is 1. The van der Waals surface area contributed by atoms with Crippen LogP contribution in [0.1, 0.15) is 34.0 Å². The quantitative estimate of drug-likeness (QED) is 0.330. The normalized spacial score (nSPS) is 16.7. The fourth-order valence-corrected chi connectivity index (χ4v) is 6.24. The van der Waals surface area contributed by atoms with E-state index in [1.165, 1.54) is 16.4 Å². The molecule has 3 N–H and O–H groups in total. The highest BCUT2D eigenvalue weighted by Gasteiger charge is 2.34. The van der Waals surface area contributed by atoms with Gasteiger partial charge in [-0.1, -0.05) is 36.4 Å². The summed E-state index contributed by atoms with van der Waals surface area (Å²) in [5.41, 5.74) is 2.22. The number of carbonyl (C=O) groups is 1. The number of aromatic hydroxyl groups is 1. The van der Waals surface area contributed by atoms with Crippen molar-refractivity contribution in [3.05, 3.63) is 70.8 Å². The van der Waals surface area contributed by atoms with Gasteiger partial charge in [0.15, 0.2) is 11.7 Å². The number of fused-ring (bicyclic) bond motifs is 2. The highest BCUT2D eigenvalue weighted by atomic mass is 32.2. The van der Waals surface area contributed by atoms with E-state index < -0.39 is 10.0 Å². The summed E-state index contributed by atoms with van der Waals surface area (Å²) in [5.74, 6) is -0.547. The molecule has 0 amide bonds. The first-order valence-electron chi connectivity index (χ1n) is 11.9. The SMILES string of the molecule is CCOCCN1CCN(S(=O)(=O)c2ccc(-c3[nH]c(O)c4c3C(=O)c3ccccc3C4=N)cc2)CC1. The van der Waals surface area contributed by atoms with Crippen LogP contribution in [0.15, 0.2) is 53.4 Å². The second-order valence-corrected chi connectivity index (χ2v) is 10.8. The van der Waals surface area contributed by atoms with E-state index in [1.807, 2.05) is 6.92 Å². The summed E-state index contributed by atoms with van der Waals surface area (Å²) in [6.07, 6.45) is 0. The van der Waals surface area contributed by atoms with Crippen LogP contribution in [0, 0.1) is 5.41 Å². The third kappa shape index (κ3) is 4.16. The summed E-state index contributed by atoms with van der Waals surface area (Å²) in [6.45, 7) is 6.14. The minimum Gasteiger partial charge on any atom is -0.494 e. The number of ether oxygens (including phenoxy) is 1. The van der Waals surface area contributed by atoms with Crippen LogP contribution < -0.4 is 0 Å². The first-order valence-corrected chi connectivity index (χ1v) is 13.4. The second kappa shape index (κ2) is 9.62. The highest BCUT2D eigenvalue weighted by Crippen LogP contribution is 2.39. The molecule has 0 unspecified atom stereocenters. The number of nitrogens with one attached hydrogen (secondary N) is 2. The predicted octanol–water partition coefficient (Wildman–Crippen LogP) is 2.69. The van der Waals surface area contributed by atoms with E-state index in [1.54, 1.807) is 36.4 Å². The van der Waals surface area contributed by atoms with Gasteiger partial charge >= 0.3 is 0 Å². The number of benzene rings is 2. The van der Waals surface area contributed by atoms with E-state index >= 15 is 0 Å². The molecule has 1 aromatic heterocycles. The zero-order chi connectivity index (χ0) is 25.4. The molecule has 0 bridgehead atoms. The molecule has 2 aromatic carbocycles. The Morgan fingerprint density at radius 2 is 1.67 bits per heavy atom. The van der Waals surface area contributed by atoms with Crippen molar-refractivity contribution in [2.45, 2.75) is 11.8 Å². The molecule has 0 spiro atoms. The van der Waals surface area contributed by atoms with Gasteiger partial charge in [0, 0.05) is 50.5 Å². The lowest BCUT2D eigenvalue weighted by atomic mass is 9.84. The number of hydrogen-bond donors (Lipinski definition) is 3. The van der Waals surface area contributed by atoms with E-state index in [0.29, 0.717) is 61.8 Å². The number of nitrogens with zero attached hydrogens (tertiary/aromatic N) is 2. The molecule has 1 aliphatic heterocycles. The van der Waals surface area contributed by atoms with Crippen LogP contribution in [-0.4, -0.2) is 85.1 Å². The summed E-state index contributed by atoms with van der Waals surface area (Å²) >= 11 is 0. The third-order valence-electron chi connectivity index (χ3n) is 6.77. The van der Waals surface area contributed by atoms with Gasteiger partial charge in [-0.3, -0.25) is 15.1 Å². The van der Waals surface area contributed by atoms with Crippen LogP contribution in [0.2, 0.25) is 0 Å². The van der Waals surface area contributed by atoms with Crippen molar-refractivity contribution in [2.75, 3.05) is 45.9 Å². The molecule has 0 atom stereocenters. The Bertz CT molecular complexity index is 1420. The van der Waals surface area contributed by atoms with E-state index in [2.05, 4.69) is 9.88 Å². The van der Waals surface area contributed by atoms with Crippen LogP contribution >= 0.6 is 0 Å². The Hall–Kier alpha value is -3.31. The number of aromatic amines is 1. The molecular formula is C26H28N4O5S. The van der Waals surface area contributed by atoms with Gasteiger partial charge in [0.2, 0.25) is 10.0 Å². The molecule has 2 heterocycles. The molecular weight excluding hydrogens is 480 g/mol. The predicted molar refractivity (Wildman–Crippen MR) is 135 cm³/mol. The van der Waals surface area contributed by atoms with Crippen molar-refractivity contribution < 1.29 is 23.1 Å². The number of hydrogen-bond acceptors (Lipinski definition) is 7. The van der Waals surface area contributed by atoms with Crippen LogP contribution in [0.25, 0.3) is 11.3 Å². The Morgan fingerprint density at radius 1 is 1.00 bits per heavy atom. The Labute approximate surface area is 209 Å². The Morgan fingerprint density at radius 3 is 2.33 bits per heavy atom. The maximum absolute atomic E-state index is 13.3. The van der Waals surface area contributed by atoms with Gasteiger partial charge in [-0.15, -0.1) is 0 Å². The molecule has 0 radical (unpaired) electrons. The van der Waals surface area contributed by atoms with Crippen LogP contribution in [-0.2, 0) is 14.8 Å². The number of rotatable bonds is 7. The molecule has 3 aromatic rings. The lowest BCUT2D eigenvalue weighted by molar-refractivity contribution is 0.0979. The molecule has 0 saturated carbocycles. The van der Waals surface area contributed by atoms with E-state index in [-0.39, 0.29) is 33.4 Å². The zero-order valence-electron chi connectivity index (χ0n) is 20.0. The van der Waals surface area contributed by atoms with Crippen molar-refractivity contribution in [1.29, 1.82) is 5.41 Å². The number of H-pyrrole nitrogens is 1. The summed E-state index contributed by atoms with van der Waals surface area (Å²) in [4.78, 5) is 18.5. The summed E-state index contributed by atoms with van der Waals surface area (Å²) < 4.78 is 33.3. The number of piperazine rings is 1. The highest BCUT2D eigenvalue weighted by molar-refractivity contribution is 7.89. The van der Waals surface area contributed by atoms with Gasteiger partial charge in [0.25, 0.3) is 0 Å². The van der Waals surface area contributed by atoms with Crippen molar-refractivity contribution >= 4 is 21.5 Å². The first-order chi connectivity index (χ1) is 17.3. The van der Waals surface area contributed by atoms with Crippen molar-refractivity contribution in [2.24, 2.45) is 0 Å². The molecule has 1 saturated heterocycles. The van der Waals surface area contributed by atoms with Gasteiger partial charge in [-0.25, -0.2) is 8.42 Å². The van der Waals surface area contributed by atoms with E-state index in [0.717, 1.165) is 6.54 Å². The molecule has 2 aliphatic rings. The van der Waals surface area contributed by atoms with Gasteiger partial charge in [0.05, 0.1) is 34.0 Å². The molecule has 9 nitrogen and oxygen atoms in total. The third-order valence-corrected chi connectivity index (χ3v) is 8.68. The van der Waals surface area contributed by atoms with Gasteiger partial charge in [0.1, 0.15) is 0 Å². The van der Waals surface area contributed by atoms with Crippen LogP contribution in [0.3, 0.4) is 0 Å².